The molecule has 90 valence electrons. The summed E-state index contributed by atoms with van der Waals surface area (Å²) < 4.78 is 4.95. The summed E-state index contributed by atoms with van der Waals surface area (Å²) in [7, 11) is 1.72. The highest BCUT2D eigenvalue weighted by Crippen LogP contribution is 2.02. The number of rotatable bonds is 8. The van der Waals surface area contributed by atoms with Gasteiger partial charge >= 0.3 is 0 Å². The van der Waals surface area contributed by atoms with Crippen molar-refractivity contribution in [3.63, 3.8) is 0 Å². The van der Waals surface area contributed by atoms with Crippen molar-refractivity contribution in [2.45, 2.75) is 13.5 Å². The number of hydrogen-bond donors (Lipinski definition) is 2. The molecule has 0 aliphatic heterocycles. The standard InChI is InChI=1S/C13H22N2O/c1-12-4-3-5-13(10-12)11-15-7-6-14-8-9-16-2/h3-5,10,14-15H,6-9,11H2,1-2H3. The van der Waals surface area contributed by atoms with E-state index in [1.54, 1.807) is 7.11 Å². The molecule has 0 aliphatic carbocycles. The van der Waals surface area contributed by atoms with Crippen LogP contribution >= 0.6 is 0 Å². The molecule has 3 nitrogen and oxygen atoms in total. The first-order chi connectivity index (χ1) is 7.83. The highest BCUT2D eigenvalue weighted by atomic mass is 16.5. The molecule has 1 rings (SSSR count). The Kier molecular flexibility index (Phi) is 6.81. The number of aryl methyl sites for hydroxylation is 1. The minimum atomic E-state index is 0.776. The topological polar surface area (TPSA) is 33.3 Å². The Hall–Kier alpha value is -0.900. The Bertz CT molecular complexity index is 289. The first kappa shape index (κ1) is 13.2. The van der Waals surface area contributed by atoms with Gasteiger partial charge in [0.2, 0.25) is 0 Å². The zero-order valence-corrected chi connectivity index (χ0v) is 10.3. The Balaban J connectivity index is 2.03. The molecule has 0 aliphatic rings. The smallest absolute Gasteiger partial charge is 0.0587 e. The lowest BCUT2D eigenvalue weighted by molar-refractivity contribution is 0.199. The van der Waals surface area contributed by atoms with E-state index >= 15 is 0 Å². The summed E-state index contributed by atoms with van der Waals surface area (Å²) in [5.74, 6) is 0. The minimum absolute atomic E-state index is 0.776. The Morgan fingerprint density at radius 1 is 1.12 bits per heavy atom. The van der Waals surface area contributed by atoms with Gasteiger partial charge in [0, 0.05) is 33.3 Å². The monoisotopic (exact) mass is 222 g/mol. The summed E-state index contributed by atoms with van der Waals surface area (Å²) in [6, 6.07) is 8.59. The van der Waals surface area contributed by atoms with Crippen molar-refractivity contribution in [3.8, 4) is 0 Å². The van der Waals surface area contributed by atoms with E-state index in [1.165, 1.54) is 11.1 Å². The van der Waals surface area contributed by atoms with Gasteiger partial charge in [-0.2, -0.15) is 0 Å². The highest BCUT2D eigenvalue weighted by Gasteiger charge is 1.92. The van der Waals surface area contributed by atoms with Crippen molar-refractivity contribution in [2.75, 3.05) is 33.4 Å². The van der Waals surface area contributed by atoms with Gasteiger partial charge in [-0.1, -0.05) is 29.8 Å². The van der Waals surface area contributed by atoms with Gasteiger partial charge in [0.05, 0.1) is 6.61 Å². The van der Waals surface area contributed by atoms with Gasteiger partial charge in [0.15, 0.2) is 0 Å². The average molecular weight is 222 g/mol. The molecule has 2 N–H and O–H groups in total. The predicted molar refractivity (Wildman–Crippen MR) is 67.6 cm³/mol. The molecule has 0 saturated carbocycles. The quantitative estimate of drug-likeness (QED) is 0.651. The Morgan fingerprint density at radius 2 is 1.94 bits per heavy atom. The second kappa shape index (κ2) is 8.28. The van der Waals surface area contributed by atoms with Gasteiger partial charge in [0.25, 0.3) is 0 Å². The van der Waals surface area contributed by atoms with E-state index in [9.17, 15) is 0 Å². The molecule has 0 aromatic heterocycles. The fraction of sp³-hybridized carbons (Fsp3) is 0.538. The third kappa shape index (κ3) is 5.85. The van der Waals surface area contributed by atoms with Gasteiger partial charge in [-0.25, -0.2) is 0 Å². The summed E-state index contributed by atoms with van der Waals surface area (Å²) >= 11 is 0. The Morgan fingerprint density at radius 3 is 2.69 bits per heavy atom. The molecule has 0 bridgehead atoms. The van der Waals surface area contributed by atoms with Gasteiger partial charge in [0.1, 0.15) is 0 Å². The fourth-order valence-electron chi connectivity index (χ4n) is 1.53. The number of benzene rings is 1. The third-order valence-electron chi connectivity index (χ3n) is 2.37. The van der Waals surface area contributed by atoms with Gasteiger partial charge in [-0.3, -0.25) is 0 Å². The van der Waals surface area contributed by atoms with E-state index < -0.39 is 0 Å². The van der Waals surface area contributed by atoms with Crippen LogP contribution in [0.15, 0.2) is 24.3 Å². The van der Waals surface area contributed by atoms with Crippen molar-refractivity contribution in [3.05, 3.63) is 35.4 Å². The van der Waals surface area contributed by atoms with Crippen molar-refractivity contribution >= 4 is 0 Å². The minimum Gasteiger partial charge on any atom is -0.383 e. The molecule has 0 saturated heterocycles. The molecular weight excluding hydrogens is 200 g/mol. The average Bonchev–Trinajstić information content (AvgIpc) is 2.28. The van der Waals surface area contributed by atoms with E-state index in [1.807, 2.05) is 0 Å². The normalized spacial score (nSPS) is 10.6. The Labute approximate surface area is 98.2 Å². The largest absolute Gasteiger partial charge is 0.383 e. The molecule has 0 heterocycles. The maximum Gasteiger partial charge on any atom is 0.0587 e. The second-order valence-corrected chi connectivity index (χ2v) is 3.91. The summed E-state index contributed by atoms with van der Waals surface area (Å²) in [4.78, 5) is 0. The number of ether oxygens (including phenoxy) is 1. The summed E-state index contributed by atoms with van der Waals surface area (Å²) in [6.07, 6.45) is 0. The van der Waals surface area contributed by atoms with Crippen LogP contribution in [0.2, 0.25) is 0 Å². The highest BCUT2D eigenvalue weighted by molar-refractivity contribution is 5.21. The third-order valence-corrected chi connectivity index (χ3v) is 2.37. The molecule has 0 atom stereocenters. The molecule has 0 fully saturated rings. The van der Waals surface area contributed by atoms with Crippen LogP contribution in [0.5, 0.6) is 0 Å². The van der Waals surface area contributed by atoms with Crippen LogP contribution in [0.1, 0.15) is 11.1 Å². The molecule has 0 amide bonds. The zero-order valence-electron chi connectivity index (χ0n) is 10.3. The molecule has 1 aromatic carbocycles. The molecule has 0 radical (unpaired) electrons. The maximum absolute atomic E-state index is 4.95. The van der Waals surface area contributed by atoms with E-state index in [0.717, 1.165) is 32.8 Å². The summed E-state index contributed by atoms with van der Waals surface area (Å²) in [5, 5.41) is 6.70. The van der Waals surface area contributed by atoms with Crippen molar-refractivity contribution in [1.29, 1.82) is 0 Å². The van der Waals surface area contributed by atoms with Crippen molar-refractivity contribution in [1.82, 2.24) is 10.6 Å². The van der Waals surface area contributed by atoms with Crippen LogP contribution in [-0.4, -0.2) is 33.4 Å². The fourth-order valence-corrected chi connectivity index (χ4v) is 1.53. The second-order valence-electron chi connectivity index (χ2n) is 3.91. The lowest BCUT2D eigenvalue weighted by Gasteiger charge is -2.06. The van der Waals surface area contributed by atoms with Crippen LogP contribution in [0.3, 0.4) is 0 Å². The van der Waals surface area contributed by atoms with E-state index in [-0.39, 0.29) is 0 Å². The van der Waals surface area contributed by atoms with Crippen LogP contribution in [0.4, 0.5) is 0 Å². The summed E-state index contributed by atoms with van der Waals surface area (Å²) in [6.45, 7) is 6.72. The van der Waals surface area contributed by atoms with E-state index in [4.69, 9.17) is 4.74 Å². The van der Waals surface area contributed by atoms with E-state index in [0.29, 0.717) is 0 Å². The molecule has 1 aromatic rings. The lowest BCUT2D eigenvalue weighted by atomic mass is 10.1. The summed E-state index contributed by atoms with van der Waals surface area (Å²) in [5.41, 5.74) is 2.66. The maximum atomic E-state index is 4.95. The van der Waals surface area contributed by atoms with Crippen molar-refractivity contribution < 1.29 is 4.74 Å². The molecular formula is C13H22N2O. The van der Waals surface area contributed by atoms with Gasteiger partial charge < -0.3 is 15.4 Å². The van der Waals surface area contributed by atoms with Crippen LogP contribution in [-0.2, 0) is 11.3 Å². The van der Waals surface area contributed by atoms with Gasteiger partial charge in [-0.15, -0.1) is 0 Å². The number of nitrogens with one attached hydrogen (secondary N) is 2. The zero-order chi connectivity index (χ0) is 11.6. The van der Waals surface area contributed by atoms with Crippen LogP contribution in [0, 0.1) is 6.92 Å². The predicted octanol–water partition coefficient (Wildman–Crippen LogP) is 1.32. The number of hydrogen-bond acceptors (Lipinski definition) is 3. The number of methoxy groups -OCH3 is 1. The SMILES string of the molecule is COCCNCCNCc1cccc(C)c1. The van der Waals surface area contributed by atoms with Crippen LogP contribution < -0.4 is 10.6 Å². The lowest BCUT2D eigenvalue weighted by Crippen LogP contribution is -2.29. The molecule has 0 unspecified atom stereocenters. The van der Waals surface area contributed by atoms with Crippen LogP contribution in [0.25, 0.3) is 0 Å². The molecule has 3 heteroatoms. The van der Waals surface area contributed by atoms with Gasteiger partial charge in [-0.05, 0) is 12.5 Å². The first-order valence-electron chi connectivity index (χ1n) is 5.79. The van der Waals surface area contributed by atoms with Crippen molar-refractivity contribution in [2.24, 2.45) is 0 Å². The first-order valence-corrected chi connectivity index (χ1v) is 5.79. The molecule has 0 spiro atoms. The van der Waals surface area contributed by atoms with E-state index in [2.05, 4.69) is 41.8 Å². The molecule has 16 heavy (non-hydrogen) atoms.